The van der Waals surface area contributed by atoms with Crippen molar-refractivity contribution in [1.82, 2.24) is 25.3 Å². The lowest BCUT2D eigenvalue weighted by molar-refractivity contribution is -0.122. The summed E-state index contributed by atoms with van der Waals surface area (Å²) in [6.45, 7) is 1.97. The van der Waals surface area contributed by atoms with Crippen LogP contribution in [0.15, 0.2) is 28.9 Å². The Labute approximate surface area is 151 Å². The highest BCUT2D eigenvalue weighted by Gasteiger charge is 2.22. The molecule has 0 saturated carbocycles. The topological polar surface area (TPSA) is 104 Å². The molecule has 0 unspecified atom stereocenters. The van der Waals surface area contributed by atoms with Crippen LogP contribution in [0, 0.1) is 0 Å². The Morgan fingerprint density at radius 2 is 2.12 bits per heavy atom. The Kier molecular flexibility index (Phi) is 5.57. The van der Waals surface area contributed by atoms with Gasteiger partial charge in [0.15, 0.2) is 5.76 Å². The third kappa shape index (κ3) is 4.42. The minimum absolute atomic E-state index is 0.0118. The maximum absolute atomic E-state index is 12.3. The van der Waals surface area contributed by atoms with Crippen LogP contribution in [0.1, 0.15) is 12.8 Å². The molecular formula is C17H24N6O3. The number of hydrogen-bond donors (Lipinski definition) is 3. The number of furan rings is 1. The van der Waals surface area contributed by atoms with Crippen LogP contribution in [0.2, 0.25) is 0 Å². The highest BCUT2D eigenvalue weighted by atomic mass is 16.3. The zero-order chi connectivity index (χ0) is 18.5. The van der Waals surface area contributed by atoms with Gasteiger partial charge in [-0.15, -0.1) is 0 Å². The second-order valence-electron chi connectivity index (χ2n) is 6.34. The molecule has 2 aromatic rings. The second kappa shape index (κ2) is 8.05. The van der Waals surface area contributed by atoms with Gasteiger partial charge in [0.25, 0.3) is 0 Å². The standard InChI is InChI=1S/C17H24N6O3/c1-18-16(24)11-23-7-5-12(6-8-23)19-17(25)20-15-10-13(21-22(15)2)14-4-3-9-26-14/h3-4,9-10,12H,5-8,11H2,1-2H3,(H,18,24)(H2,19,20,25). The van der Waals surface area contributed by atoms with Crippen molar-refractivity contribution in [1.29, 1.82) is 0 Å². The molecule has 2 aromatic heterocycles. The molecule has 3 heterocycles. The third-order valence-electron chi connectivity index (χ3n) is 4.46. The first-order valence-electron chi connectivity index (χ1n) is 8.63. The molecular weight excluding hydrogens is 336 g/mol. The van der Waals surface area contributed by atoms with E-state index in [0.29, 0.717) is 23.8 Å². The van der Waals surface area contributed by atoms with Gasteiger partial charge >= 0.3 is 6.03 Å². The van der Waals surface area contributed by atoms with Gasteiger partial charge in [-0.05, 0) is 25.0 Å². The van der Waals surface area contributed by atoms with Gasteiger partial charge in [-0.25, -0.2) is 4.79 Å². The molecule has 9 nitrogen and oxygen atoms in total. The van der Waals surface area contributed by atoms with Crippen molar-refractivity contribution >= 4 is 17.8 Å². The summed E-state index contributed by atoms with van der Waals surface area (Å²) in [5.41, 5.74) is 0.662. The molecule has 1 fully saturated rings. The van der Waals surface area contributed by atoms with Crippen molar-refractivity contribution in [2.45, 2.75) is 18.9 Å². The van der Waals surface area contributed by atoms with Gasteiger partial charge in [-0.2, -0.15) is 5.10 Å². The van der Waals surface area contributed by atoms with Gasteiger partial charge in [0.05, 0.1) is 12.8 Å². The van der Waals surface area contributed by atoms with Crippen LogP contribution in [0.25, 0.3) is 11.5 Å². The summed E-state index contributed by atoms with van der Waals surface area (Å²) in [7, 11) is 3.40. The van der Waals surface area contributed by atoms with E-state index >= 15 is 0 Å². The maximum atomic E-state index is 12.3. The molecule has 26 heavy (non-hydrogen) atoms. The summed E-state index contributed by atoms with van der Waals surface area (Å²) in [4.78, 5) is 25.8. The number of carbonyl (C=O) groups excluding carboxylic acids is 2. The van der Waals surface area contributed by atoms with Gasteiger partial charge in [-0.3, -0.25) is 19.7 Å². The molecule has 3 amide bonds. The minimum Gasteiger partial charge on any atom is -0.463 e. The van der Waals surface area contributed by atoms with Gasteiger partial charge in [0.2, 0.25) is 5.91 Å². The number of anilines is 1. The van der Waals surface area contributed by atoms with Crippen molar-refractivity contribution in [2.24, 2.45) is 7.05 Å². The fraction of sp³-hybridized carbons (Fsp3) is 0.471. The Hall–Kier alpha value is -2.81. The summed E-state index contributed by atoms with van der Waals surface area (Å²) >= 11 is 0. The summed E-state index contributed by atoms with van der Waals surface area (Å²) in [5, 5.41) is 12.8. The lowest BCUT2D eigenvalue weighted by Crippen LogP contribution is -2.48. The number of nitrogens with one attached hydrogen (secondary N) is 3. The van der Waals surface area contributed by atoms with Crippen LogP contribution in [0.5, 0.6) is 0 Å². The van der Waals surface area contributed by atoms with E-state index < -0.39 is 0 Å². The monoisotopic (exact) mass is 360 g/mol. The summed E-state index contributed by atoms with van der Waals surface area (Å²) in [5.74, 6) is 1.25. The Morgan fingerprint density at radius 1 is 1.35 bits per heavy atom. The van der Waals surface area contributed by atoms with Crippen molar-refractivity contribution in [3.63, 3.8) is 0 Å². The molecule has 1 aliphatic rings. The maximum Gasteiger partial charge on any atom is 0.320 e. The van der Waals surface area contributed by atoms with Crippen molar-refractivity contribution in [2.75, 3.05) is 32.0 Å². The van der Waals surface area contributed by atoms with Gasteiger partial charge in [0.1, 0.15) is 11.5 Å². The first-order valence-corrected chi connectivity index (χ1v) is 8.63. The summed E-state index contributed by atoms with van der Waals surface area (Å²) in [6.07, 6.45) is 3.21. The summed E-state index contributed by atoms with van der Waals surface area (Å²) in [6, 6.07) is 5.21. The fourth-order valence-corrected chi connectivity index (χ4v) is 2.98. The van der Waals surface area contributed by atoms with E-state index in [9.17, 15) is 9.59 Å². The minimum atomic E-state index is -0.260. The number of aryl methyl sites for hydroxylation is 1. The smallest absolute Gasteiger partial charge is 0.320 e. The quantitative estimate of drug-likeness (QED) is 0.738. The van der Waals surface area contributed by atoms with Crippen LogP contribution >= 0.6 is 0 Å². The largest absolute Gasteiger partial charge is 0.463 e. The molecule has 0 radical (unpaired) electrons. The molecule has 9 heteroatoms. The highest BCUT2D eigenvalue weighted by molar-refractivity contribution is 5.89. The average molecular weight is 360 g/mol. The number of aromatic nitrogens is 2. The molecule has 1 saturated heterocycles. The van der Waals surface area contributed by atoms with E-state index in [1.807, 2.05) is 6.07 Å². The van der Waals surface area contributed by atoms with Crippen molar-refractivity contribution in [3.05, 3.63) is 24.5 Å². The number of carbonyl (C=O) groups is 2. The van der Waals surface area contributed by atoms with E-state index in [1.165, 1.54) is 0 Å². The van der Waals surface area contributed by atoms with Crippen LogP contribution in [-0.4, -0.2) is 59.3 Å². The summed E-state index contributed by atoms with van der Waals surface area (Å²) < 4.78 is 6.92. The van der Waals surface area contributed by atoms with Crippen LogP contribution < -0.4 is 16.0 Å². The van der Waals surface area contributed by atoms with Crippen LogP contribution in [-0.2, 0) is 11.8 Å². The number of likely N-dealkylation sites (N-methyl/N-ethyl adjacent to an activating group) is 1. The highest BCUT2D eigenvalue weighted by Crippen LogP contribution is 2.21. The lowest BCUT2D eigenvalue weighted by Gasteiger charge is -2.31. The SMILES string of the molecule is CNC(=O)CN1CCC(NC(=O)Nc2cc(-c3ccco3)nn2C)CC1. The first-order chi connectivity index (χ1) is 12.5. The first kappa shape index (κ1) is 18.0. The third-order valence-corrected chi connectivity index (χ3v) is 4.46. The number of urea groups is 1. The zero-order valence-corrected chi connectivity index (χ0v) is 15.0. The van der Waals surface area contributed by atoms with Gasteiger partial charge in [-0.1, -0.05) is 0 Å². The van der Waals surface area contributed by atoms with Crippen LogP contribution in [0.4, 0.5) is 10.6 Å². The number of nitrogens with zero attached hydrogens (tertiary/aromatic N) is 3. The Morgan fingerprint density at radius 3 is 2.77 bits per heavy atom. The van der Waals surface area contributed by atoms with E-state index in [4.69, 9.17) is 4.42 Å². The van der Waals surface area contributed by atoms with E-state index in [-0.39, 0.29) is 18.0 Å². The average Bonchev–Trinajstić information content (AvgIpc) is 3.27. The van der Waals surface area contributed by atoms with Gasteiger partial charge in [0, 0.05) is 39.3 Å². The Balaban J connectivity index is 1.49. The number of hydrogen-bond acceptors (Lipinski definition) is 5. The molecule has 3 N–H and O–H groups in total. The molecule has 140 valence electrons. The molecule has 0 spiro atoms. The number of rotatable bonds is 5. The predicted octanol–water partition coefficient (Wildman–Crippen LogP) is 1.01. The molecule has 0 aromatic carbocycles. The van der Waals surface area contributed by atoms with Crippen LogP contribution in [0.3, 0.4) is 0 Å². The molecule has 3 rings (SSSR count). The van der Waals surface area contributed by atoms with Crippen molar-refractivity contribution < 1.29 is 14.0 Å². The normalized spacial score (nSPS) is 15.6. The zero-order valence-electron chi connectivity index (χ0n) is 15.0. The molecule has 0 atom stereocenters. The van der Waals surface area contributed by atoms with Gasteiger partial charge < -0.3 is 15.1 Å². The second-order valence-corrected chi connectivity index (χ2v) is 6.34. The number of piperidine rings is 1. The van der Waals surface area contributed by atoms with E-state index in [2.05, 4.69) is 25.9 Å². The predicted molar refractivity (Wildman–Crippen MR) is 96.6 cm³/mol. The van der Waals surface area contributed by atoms with Crippen molar-refractivity contribution in [3.8, 4) is 11.5 Å². The number of amides is 3. The molecule has 0 aliphatic carbocycles. The molecule has 0 bridgehead atoms. The lowest BCUT2D eigenvalue weighted by atomic mass is 10.1. The fourth-order valence-electron chi connectivity index (χ4n) is 2.98. The number of likely N-dealkylation sites (tertiary alicyclic amines) is 1. The Bertz CT molecular complexity index is 747. The van der Waals surface area contributed by atoms with E-state index in [0.717, 1.165) is 25.9 Å². The molecule has 1 aliphatic heterocycles. The van der Waals surface area contributed by atoms with E-state index in [1.54, 1.807) is 37.2 Å².